The van der Waals surface area contributed by atoms with Crippen molar-refractivity contribution in [2.24, 2.45) is 0 Å². The first kappa shape index (κ1) is 23.5. The second kappa shape index (κ2) is 11.4. The molecule has 0 bridgehead atoms. The first-order chi connectivity index (χ1) is 15.0. The summed E-state index contributed by atoms with van der Waals surface area (Å²) in [7, 11) is 1.45. The van der Waals surface area contributed by atoms with Gasteiger partial charge in [-0.25, -0.2) is 0 Å². The lowest BCUT2D eigenvalue weighted by Gasteiger charge is -2.37. The van der Waals surface area contributed by atoms with E-state index < -0.39 is 0 Å². The van der Waals surface area contributed by atoms with E-state index >= 15 is 0 Å². The van der Waals surface area contributed by atoms with Gasteiger partial charge in [-0.05, 0) is 74.1 Å². The fourth-order valence-electron chi connectivity index (χ4n) is 4.65. The van der Waals surface area contributed by atoms with Crippen molar-refractivity contribution in [3.8, 4) is 0 Å². The van der Waals surface area contributed by atoms with Crippen LogP contribution in [0.25, 0.3) is 0 Å². The van der Waals surface area contributed by atoms with Gasteiger partial charge in [0.15, 0.2) is 0 Å². The molecule has 0 radical (unpaired) electrons. The molecule has 31 heavy (non-hydrogen) atoms. The van der Waals surface area contributed by atoms with E-state index in [0.29, 0.717) is 12.5 Å². The van der Waals surface area contributed by atoms with Crippen LogP contribution in [0.15, 0.2) is 42.5 Å². The third kappa shape index (κ3) is 6.16. The summed E-state index contributed by atoms with van der Waals surface area (Å²) in [5.41, 5.74) is 4.47. The first-order valence-electron chi connectivity index (χ1n) is 11.6. The van der Waals surface area contributed by atoms with Crippen LogP contribution in [0.4, 0.5) is 17.1 Å². The van der Waals surface area contributed by atoms with E-state index in [4.69, 9.17) is 16.3 Å². The SMILES string of the molecule is CC[C@H](CC(=O)OC)c1ccc(N(CC)C2CCCCC2)c(Nc2ccc(Cl)cc2)c1. The van der Waals surface area contributed by atoms with Crippen molar-refractivity contribution in [3.63, 3.8) is 0 Å². The molecule has 3 rings (SSSR count). The van der Waals surface area contributed by atoms with Crippen LogP contribution in [0.5, 0.6) is 0 Å². The van der Waals surface area contributed by atoms with Crippen LogP contribution in [0.1, 0.15) is 70.3 Å². The lowest BCUT2D eigenvalue weighted by molar-refractivity contribution is -0.141. The summed E-state index contributed by atoms with van der Waals surface area (Å²) in [5, 5.41) is 4.35. The van der Waals surface area contributed by atoms with Crippen LogP contribution in [-0.2, 0) is 9.53 Å². The largest absolute Gasteiger partial charge is 0.469 e. The van der Waals surface area contributed by atoms with Gasteiger partial charge in [0.2, 0.25) is 0 Å². The summed E-state index contributed by atoms with van der Waals surface area (Å²) < 4.78 is 4.92. The van der Waals surface area contributed by atoms with Gasteiger partial charge in [-0.1, -0.05) is 43.9 Å². The van der Waals surface area contributed by atoms with Gasteiger partial charge in [-0.2, -0.15) is 0 Å². The fraction of sp³-hybridized carbons (Fsp3) is 0.500. The number of hydrogen-bond acceptors (Lipinski definition) is 4. The Kier molecular flexibility index (Phi) is 8.65. The maximum absolute atomic E-state index is 11.9. The number of halogens is 1. The Morgan fingerprint density at radius 1 is 1.13 bits per heavy atom. The lowest BCUT2D eigenvalue weighted by Crippen LogP contribution is -2.37. The minimum atomic E-state index is -0.166. The zero-order valence-electron chi connectivity index (χ0n) is 19.0. The third-order valence-corrected chi connectivity index (χ3v) is 6.67. The molecule has 0 unspecified atom stereocenters. The van der Waals surface area contributed by atoms with Crippen LogP contribution in [-0.4, -0.2) is 25.7 Å². The lowest BCUT2D eigenvalue weighted by atomic mass is 9.91. The minimum Gasteiger partial charge on any atom is -0.469 e. The van der Waals surface area contributed by atoms with Crippen molar-refractivity contribution in [1.82, 2.24) is 0 Å². The second-order valence-corrected chi connectivity index (χ2v) is 8.81. The Balaban J connectivity index is 1.97. The highest BCUT2D eigenvalue weighted by molar-refractivity contribution is 6.30. The molecule has 2 aromatic rings. The maximum atomic E-state index is 11.9. The highest BCUT2D eigenvalue weighted by atomic mass is 35.5. The summed E-state index contributed by atoms with van der Waals surface area (Å²) in [6.45, 7) is 5.33. The molecule has 1 saturated carbocycles. The van der Waals surface area contributed by atoms with Crippen molar-refractivity contribution in [2.45, 2.75) is 70.8 Å². The van der Waals surface area contributed by atoms with E-state index in [0.717, 1.165) is 34.9 Å². The van der Waals surface area contributed by atoms with Crippen LogP contribution < -0.4 is 10.2 Å². The van der Waals surface area contributed by atoms with Crippen LogP contribution in [0, 0.1) is 0 Å². The van der Waals surface area contributed by atoms with Gasteiger partial charge in [0.1, 0.15) is 0 Å². The topological polar surface area (TPSA) is 41.6 Å². The number of carbonyl (C=O) groups excluding carboxylic acids is 1. The molecule has 5 heteroatoms. The summed E-state index contributed by atoms with van der Waals surface area (Å²) in [5.74, 6) is -0.0300. The van der Waals surface area contributed by atoms with E-state index in [-0.39, 0.29) is 11.9 Å². The molecule has 4 nitrogen and oxygen atoms in total. The number of ether oxygens (including phenoxy) is 1. The van der Waals surface area contributed by atoms with Crippen LogP contribution in [0.2, 0.25) is 5.02 Å². The summed E-state index contributed by atoms with van der Waals surface area (Å²) in [4.78, 5) is 14.5. The Morgan fingerprint density at radius 3 is 2.45 bits per heavy atom. The Labute approximate surface area is 191 Å². The second-order valence-electron chi connectivity index (χ2n) is 8.37. The highest BCUT2D eigenvalue weighted by Crippen LogP contribution is 2.37. The number of rotatable bonds is 9. The summed E-state index contributed by atoms with van der Waals surface area (Å²) in [6.07, 6.45) is 7.72. The van der Waals surface area contributed by atoms with Crippen molar-refractivity contribution >= 4 is 34.6 Å². The summed E-state index contributed by atoms with van der Waals surface area (Å²) >= 11 is 6.09. The van der Waals surface area contributed by atoms with Crippen molar-refractivity contribution in [3.05, 3.63) is 53.1 Å². The smallest absolute Gasteiger partial charge is 0.306 e. The normalized spacial score (nSPS) is 15.4. The van der Waals surface area contributed by atoms with E-state index in [1.54, 1.807) is 0 Å². The standard InChI is InChI=1S/C26H35ClN2O2/c1-4-19(18-26(30)31-3)20-11-16-25(29(5-2)23-9-7-6-8-10-23)24(17-20)28-22-14-12-21(27)13-15-22/h11-17,19,23,28H,4-10,18H2,1-3H3/t19-/m1/s1. The molecule has 0 heterocycles. The van der Waals surface area contributed by atoms with Gasteiger partial charge in [0.05, 0.1) is 24.9 Å². The van der Waals surface area contributed by atoms with Crippen molar-refractivity contribution in [1.29, 1.82) is 0 Å². The molecular formula is C26H35ClN2O2. The highest BCUT2D eigenvalue weighted by Gasteiger charge is 2.24. The predicted molar refractivity (Wildman–Crippen MR) is 131 cm³/mol. The molecule has 1 N–H and O–H groups in total. The van der Waals surface area contributed by atoms with Crippen molar-refractivity contribution < 1.29 is 9.53 Å². The van der Waals surface area contributed by atoms with Gasteiger partial charge >= 0.3 is 5.97 Å². The molecule has 0 spiro atoms. The van der Waals surface area contributed by atoms with Crippen molar-refractivity contribution in [2.75, 3.05) is 23.9 Å². The zero-order valence-corrected chi connectivity index (χ0v) is 19.8. The number of esters is 1. The molecule has 2 aromatic carbocycles. The molecule has 1 atom stereocenters. The number of hydrogen-bond donors (Lipinski definition) is 1. The van der Waals surface area contributed by atoms with Gasteiger partial charge in [-0.15, -0.1) is 0 Å². The van der Waals surface area contributed by atoms with E-state index in [9.17, 15) is 4.79 Å². The zero-order chi connectivity index (χ0) is 22.2. The summed E-state index contributed by atoms with van der Waals surface area (Å²) in [6, 6.07) is 15.0. The first-order valence-corrected chi connectivity index (χ1v) is 11.9. The monoisotopic (exact) mass is 442 g/mol. The van der Waals surface area contributed by atoms with E-state index in [2.05, 4.69) is 42.3 Å². The number of nitrogens with one attached hydrogen (secondary N) is 1. The molecule has 168 valence electrons. The van der Waals surface area contributed by atoms with Gasteiger partial charge in [0, 0.05) is 23.3 Å². The molecule has 1 fully saturated rings. The van der Waals surface area contributed by atoms with E-state index in [1.807, 2.05) is 24.3 Å². The number of benzene rings is 2. The Bertz CT molecular complexity index is 847. The Hall–Kier alpha value is -2.20. The molecular weight excluding hydrogens is 408 g/mol. The van der Waals surface area contributed by atoms with Gasteiger partial charge in [0.25, 0.3) is 0 Å². The number of methoxy groups -OCH3 is 1. The molecule has 1 aliphatic rings. The van der Waals surface area contributed by atoms with Gasteiger partial charge in [-0.3, -0.25) is 4.79 Å². The molecule has 0 amide bonds. The molecule has 0 saturated heterocycles. The average Bonchev–Trinajstić information content (AvgIpc) is 2.81. The Morgan fingerprint density at radius 2 is 1.84 bits per heavy atom. The fourth-order valence-corrected chi connectivity index (χ4v) is 4.77. The molecule has 1 aliphatic carbocycles. The van der Waals surface area contributed by atoms with E-state index in [1.165, 1.54) is 44.9 Å². The van der Waals surface area contributed by atoms with Crippen LogP contribution in [0.3, 0.4) is 0 Å². The number of nitrogens with zero attached hydrogens (tertiary/aromatic N) is 1. The molecule has 0 aliphatic heterocycles. The number of carbonyl (C=O) groups is 1. The predicted octanol–water partition coefficient (Wildman–Crippen LogP) is 7.30. The maximum Gasteiger partial charge on any atom is 0.306 e. The average molecular weight is 443 g/mol. The third-order valence-electron chi connectivity index (χ3n) is 6.41. The van der Waals surface area contributed by atoms with Gasteiger partial charge < -0.3 is 15.0 Å². The quantitative estimate of drug-likeness (QED) is 0.413. The van der Waals surface area contributed by atoms with Crippen LogP contribution >= 0.6 is 11.6 Å². The minimum absolute atomic E-state index is 0.136. The number of anilines is 3. The molecule has 0 aromatic heterocycles.